The van der Waals surface area contributed by atoms with Crippen LogP contribution < -0.4 is 4.90 Å². The third-order valence-corrected chi connectivity index (χ3v) is 5.91. The Hall–Kier alpha value is -1.13. The predicted octanol–water partition coefficient (Wildman–Crippen LogP) is 3.60. The van der Waals surface area contributed by atoms with Gasteiger partial charge in [0, 0.05) is 44.8 Å². The van der Waals surface area contributed by atoms with Crippen molar-refractivity contribution in [3.8, 4) is 0 Å². The molecule has 0 radical (unpaired) electrons. The van der Waals surface area contributed by atoms with Crippen molar-refractivity contribution in [1.29, 1.82) is 0 Å². The lowest BCUT2D eigenvalue weighted by Crippen LogP contribution is -2.56. The normalized spacial score (nSPS) is 23.8. The summed E-state index contributed by atoms with van der Waals surface area (Å²) in [6, 6.07) is 8.59. The van der Waals surface area contributed by atoms with Gasteiger partial charge in [-0.05, 0) is 44.4 Å². The van der Waals surface area contributed by atoms with Crippen molar-refractivity contribution in [1.82, 2.24) is 9.80 Å². The molecule has 2 aliphatic heterocycles. The number of piperazine rings is 1. The average molecular weight is 333 g/mol. The summed E-state index contributed by atoms with van der Waals surface area (Å²) in [5.41, 5.74) is 0.763. The van der Waals surface area contributed by atoms with Gasteiger partial charge >= 0.3 is 0 Å². The third-order valence-electron chi connectivity index (χ3n) is 5.91. The summed E-state index contributed by atoms with van der Waals surface area (Å²) in [6.07, 6.45) is 5.14. The van der Waals surface area contributed by atoms with E-state index in [0.29, 0.717) is 6.04 Å². The number of piperidine rings is 1. The van der Waals surface area contributed by atoms with E-state index in [1.165, 1.54) is 38.8 Å². The lowest BCUT2D eigenvalue weighted by molar-refractivity contribution is 0.0645. The Bertz CT molecular complexity index is 509. The molecule has 3 rings (SSSR count). The first-order chi connectivity index (χ1) is 11.7. The van der Waals surface area contributed by atoms with Crippen LogP contribution in [-0.4, -0.2) is 61.2 Å². The molecule has 0 spiro atoms. The highest BCUT2D eigenvalue weighted by Crippen LogP contribution is 2.24. The molecule has 0 bridgehead atoms. The van der Waals surface area contributed by atoms with Gasteiger partial charge in [0.1, 0.15) is 5.82 Å². The second-order valence-corrected chi connectivity index (χ2v) is 7.24. The number of para-hydroxylation sites is 1. The zero-order valence-electron chi connectivity index (χ0n) is 15.3. The summed E-state index contributed by atoms with van der Waals surface area (Å²) in [5.74, 6) is -0.0940. The molecule has 2 aliphatic rings. The first kappa shape index (κ1) is 17.7. The fourth-order valence-corrected chi connectivity index (χ4v) is 4.45. The molecule has 0 N–H and O–H groups in total. The molecular weight excluding hydrogens is 301 g/mol. The number of hydrogen-bond acceptors (Lipinski definition) is 3. The Morgan fingerprint density at radius 3 is 2.42 bits per heavy atom. The van der Waals surface area contributed by atoms with E-state index in [1.807, 2.05) is 12.1 Å². The van der Waals surface area contributed by atoms with Gasteiger partial charge in [-0.15, -0.1) is 0 Å². The van der Waals surface area contributed by atoms with E-state index in [4.69, 9.17) is 0 Å². The number of likely N-dealkylation sites (tertiary alicyclic amines) is 1. The minimum Gasteiger partial charge on any atom is -0.367 e. The van der Waals surface area contributed by atoms with Crippen LogP contribution in [0.5, 0.6) is 0 Å². The molecule has 1 unspecified atom stereocenters. The minimum absolute atomic E-state index is 0.0940. The lowest BCUT2D eigenvalue weighted by atomic mass is 9.99. The quantitative estimate of drug-likeness (QED) is 0.815. The van der Waals surface area contributed by atoms with E-state index in [0.717, 1.165) is 37.9 Å². The third kappa shape index (κ3) is 3.92. The molecule has 0 amide bonds. The summed E-state index contributed by atoms with van der Waals surface area (Å²) in [7, 11) is 0. The Balaban J connectivity index is 1.55. The van der Waals surface area contributed by atoms with Crippen LogP contribution in [0.3, 0.4) is 0 Å². The van der Waals surface area contributed by atoms with Crippen LogP contribution in [0.4, 0.5) is 10.1 Å². The number of anilines is 1. The van der Waals surface area contributed by atoms with E-state index in [-0.39, 0.29) is 5.82 Å². The van der Waals surface area contributed by atoms with E-state index >= 15 is 0 Å². The summed E-state index contributed by atoms with van der Waals surface area (Å²) >= 11 is 0. The Kier molecular flexibility index (Phi) is 6.12. The van der Waals surface area contributed by atoms with Gasteiger partial charge in [0.05, 0.1) is 5.69 Å². The fourth-order valence-electron chi connectivity index (χ4n) is 4.45. The molecule has 1 atom stereocenters. The van der Waals surface area contributed by atoms with Crippen molar-refractivity contribution in [3.05, 3.63) is 30.1 Å². The van der Waals surface area contributed by atoms with Gasteiger partial charge in [-0.1, -0.05) is 26.0 Å². The maximum atomic E-state index is 14.0. The van der Waals surface area contributed by atoms with Crippen molar-refractivity contribution >= 4 is 5.69 Å². The van der Waals surface area contributed by atoms with Crippen molar-refractivity contribution in [3.63, 3.8) is 0 Å². The van der Waals surface area contributed by atoms with Gasteiger partial charge in [0.2, 0.25) is 0 Å². The van der Waals surface area contributed by atoms with Gasteiger partial charge in [-0.2, -0.15) is 0 Å². The van der Waals surface area contributed by atoms with E-state index in [2.05, 4.69) is 28.5 Å². The highest BCUT2D eigenvalue weighted by atomic mass is 19.1. The first-order valence-corrected chi connectivity index (χ1v) is 9.70. The molecule has 24 heavy (non-hydrogen) atoms. The molecule has 2 saturated heterocycles. The maximum Gasteiger partial charge on any atom is 0.146 e. The van der Waals surface area contributed by atoms with Crippen LogP contribution >= 0.6 is 0 Å². The fraction of sp³-hybridized carbons (Fsp3) is 0.700. The van der Waals surface area contributed by atoms with Crippen molar-refractivity contribution in [2.45, 2.75) is 51.6 Å². The van der Waals surface area contributed by atoms with Gasteiger partial charge < -0.3 is 4.90 Å². The minimum atomic E-state index is -0.0940. The first-order valence-electron chi connectivity index (χ1n) is 9.70. The smallest absolute Gasteiger partial charge is 0.146 e. The molecule has 2 heterocycles. The van der Waals surface area contributed by atoms with Gasteiger partial charge in [0.25, 0.3) is 0 Å². The van der Waals surface area contributed by atoms with Crippen LogP contribution in [0.1, 0.15) is 39.5 Å². The number of hydrogen-bond donors (Lipinski definition) is 0. The highest BCUT2D eigenvalue weighted by molar-refractivity contribution is 5.48. The topological polar surface area (TPSA) is 9.72 Å². The van der Waals surface area contributed by atoms with Crippen molar-refractivity contribution < 1.29 is 4.39 Å². The molecule has 134 valence electrons. The Morgan fingerprint density at radius 1 is 1.04 bits per heavy atom. The molecule has 4 heteroatoms. The standard InChI is InChI=1S/C20H32FN3/c1-3-17(4-2)24-11-7-8-18(16-24)22-12-14-23(15-13-22)20-10-6-5-9-19(20)21/h5-6,9-10,17-18H,3-4,7-8,11-16H2,1-2H3. The SMILES string of the molecule is CCC(CC)N1CCCC(N2CCN(c3ccccc3F)CC2)C1. The second-order valence-electron chi connectivity index (χ2n) is 7.24. The largest absolute Gasteiger partial charge is 0.367 e. The van der Waals surface area contributed by atoms with Gasteiger partial charge in [-0.25, -0.2) is 4.39 Å². The molecular formula is C20H32FN3. The molecule has 0 aliphatic carbocycles. The number of rotatable bonds is 5. The van der Waals surface area contributed by atoms with E-state index in [1.54, 1.807) is 12.1 Å². The number of benzene rings is 1. The second kappa shape index (κ2) is 8.30. The predicted molar refractivity (Wildman–Crippen MR) is 99.2 cm³/mol. The summed E-state index contributed by atoms with van der Waals surface area (Å²) in [5, 5.41) is 0. The molecule has 0 saturated carbocycles. The van der Waals surface area contributed by atoms with Crippen molar-refractivity contribution in [2.75, 3.05) is 44.2 Å². The summed E-state index contributed by atoms with van der Waals surface area (Å²) < 4.78 is 14.0. The molecule has 1 aromatic rings. The van der Waals surface area contributed by atoms with Crippen molar-refractivity contribution in [2.24, 2.45) is 0 Å². The van der Waals surface area contributed by atoms with Gasteiger partial charge in [0.15, 0.2) is 0 Å². The average Bonchev–Trinajstić information content (AvgIpc) is 2.64. The zero-order chi connectivity index (χ0) is 16.9. The molecule has 0 aromatic heterocycles. The van der Waals surface area contributed by atoms with Crippen LogP contribution in [0, 0.1) is 5.82 Å². The Morgan fingerprint density at radius 2 is 1.75 bits per heavy atom. The van der Waals surface area contributed by atoms with Crippen LogP contribution in [0.15, 0.2) is 24.3 Å². The summed E-state index contributed by atoms with van der Waals surface area (Å²) in [6.45, 7) is 11.1. The Labute approximate surface area is 146 Å². The van der Waals surface area contributed by atoms with Gasteiger partial charge in [-0.3, -0.25) is 9.80 Å². The molecule has 1 aromatic carbocycles. The molecule has 2 fully saturated rings. The molecule has 3 nitrogen and oxygen atoms in total. The maximum absolute atomic E-state index is 14.0. The zero-order valence-corrected chi connectivity index (χ0v) is 15.3. The van der Waals surface area contributed by atoms with E-state index in [9.17, 15) is 4.39 Å². The monoisotopic (exact) mass is 333 g/mol. The van der Waals surface area contributed by atoms with E-state index < -0.39 is 0 Å². The summed E-state index contributed by atoms with van der Waals surface area (Å²) in [4.78, 5) is 7.55. The van der Waals surface area contributed by atoms with Crippen LogP contribution in [0.2, 0.25) is 0 Å². The number of nitrogens with zero attached hydrogens (tertiary/aromatic N) is 3. The highest BCUT2D eigenvalue weighted by Gasteiger charge is 2.30. The van der Waals surface area contributed by atoms with Crippen LogP contribution in [-0.2, 0) is 0 Å². The number of halogens is 1. The lowest BCUT2D eigenvalue weighted by Gasteiger charge is -2.45. The van der Waals surface area contributed by atoms with Crippen LogP contribution in [0.25, 0.3) is 0 Å².